The van der Waals surface area contributed by atoms with Crippen molar-refractivity contribution in [2.24, 2.45) is 11.3 Å². The number of carbonyl (C=O) groups excluding carboxylic acids is 5. The lowest BCUT2D eigenvalue weighted by Gasteiger charge is -2.40. The van der Waals surface area contributed by atoms with Crippen molar-refractivity contribution >= 4 is 63.9 Å². The summed E-state index contributed by atoms with van der Waals surface area (Å²) < 4.78 is 0. The monoisotopic (exact) mass is 831 g/mol. The Morgan fingerprint density at radius 1 is 0.850 bits per heavy atom. The van der Waals surface area contributed by atoms with Crippen LogP contribution in [0.5, 0.6) is 0 Å². The van der Waals surface area contributed by atoms with E-state index in [-0.39, 0.29) is 24.2 Å². The highest BCUT2D eigenvalue weighted by Crippen LogP contribution is 2.46. The minimum atomic E-state index is -0.975. The number of aromatic nitrogens is 1. The summed E-state index contributed by atoms with van der Waals surface area (Å²) in [6.45, 7) is 18.1. The molecule has 1 unspecified atom stereocenters. The fourth-order valence-corrected chi connectivity index (χ4v) is 10.6. The Bertz CT molecular complexity index is 2250. The molecule has 2 aromatic carbocycles. The van der Waals surface area contributed by atoms with Crippen molar-refractivity contribution in [1.82, 2.24) is 25.0 Å². The maximum atomic E-state index is 13.5. The Hall–Kier alpha value is -5.52. The molecule has 60 heavy (non-hydrogen) atoms. The second-order valence-electron chi connectivity index (χ2n) is 17.5. The van der Waals surface area contributed by atoms with Crippen LogP contribution in [0.2, 0.25) is 5.02 Å². The van der Waals surface area contributed by atoms with Gasteiger partial charge in [0.2, 0.25) is 17.5 Å². The predicted octanol–water partition coefficient (Wildman–Crippen LogP) is 5.25. The molecule has 5 saturated heterocycles. The van der Waals surface area contributed by atoms with Gasteiger partial charge in [0.15, 0.2) is 0 Å². The number of nitrogens with zero attached hydrogens (tertiary/aromatic N) is 8. The summed E-state index contributed by atoms with van der Waals surface area (Å²) in [6, 6.07) is 14.4. The number of benzene rings is 2. The van der Waals surface area contributed by atoms with Gasteiger partial charge in [-0.05, 0) is 99.2 Å². The minimum absolute atomic E-state index is 0.0218. The number of rotatable bonds is 7. The number of fused-ring (bicyclic) bond motifs is 1. The summed E-state index contributed by atoms with van der Waals surface area (Å²) in [5, 5.41) is 2.75. The molecule has 5 amide bonds. The van der Waals surface area contributed by atoms with Crippen LogP contribution in [-0.4, -0.2) is 127 Å². The number of halogens is 1. The van der Waals surface area contributed by atoms with Crippen LogP contribution < -0.4 is 20.0 Å². The average molecular weight is 832 g/mol. The first kappa shape index (κ1) is 39.9. The highest BCUT2D eigenvalue weighted by atomic mass is 35.5. The van der Waals surface area contributed by atoms with Gasteiger partial charge in [-0.2, -0.15) is 0 Å². The maximum absolute atomic E-state index is 13.5. The standard InChI is InChI=1S/C45H50ClN9O5/c1-29-25-45(28-54(29)32-4-7-37(47-2)36(46)24-32)13-17-52(18-14-45)33-5-8-38(48-26-33)44(60)53-21-19-50(20-22-53)27-30-11-15-51(16-12-30)31-3-6-34-35(23-31)43(59)55(42(34)58)39-9-10-40(56)49-41(39)57/h3-8,23-24,26,29-30,39H,9-22,25,27-28H2,1H3,(H,49,56,57)/t29-,39?/m0/s1. The van der Waals surface area contributed by atoms with Gasteiger partial charge < -0.3 is 19.6 Å². The first-order valence-electron chi connectivity index (χ1n) is 21.3. The van der Waals surface area contributed by atoms with Gasteiger partial charge in [-0.15, -0.1) is 0 Å². The topological polar surface area (TPSA) is 134 Å². The molecule has 1 aromatic heterocycles. The number of hydrogen-bond acceptors (Lipinski definition) is 10. The van der Waals surface area contributed by atoms with Gasteiger partial charge in [-0.25, -0.2) is 9.83 Å². The molecular formula is C45H50ClN9O5. The van der Waals surface area contributed by atoms with Crippen molar-refractivity contribution in [3.63, 3.8) is 0 Å². The molecule has 9 rings (SSSR count). The van der Waals surface area contributed by atoms with E-state index in [0.29, 0.717) is 52.6 Å². The zero-order chi connectivity index (χ0) is 41.7. The van der Waals surface area contributed by atoms with Gasteiger partial charge in [0, 0.05) is 94.3 Å². The second kappa shape index (κ2) is 16.2. The van der Waals surface area contributed by atoms with Crippen molar-refractivity contribution < 1.29 is 24.0 Å². The largest absolute Gasteiger partial charge is 0.371 e. The zero-order valence-electron chi connectivity index (χ0n) is 33.9. The fraction of sp³-hybridized carbons (Fsp3) is 0.489. The molecule has 0 bridgehead atoms. The molecule has 14 nitrogen and oxygen atoms in total. The maximum Gasteiger partial charge on any atom is 0.272 e. The van der Waals surface area contributed by atoms with Crippen LogP contribution in [0.25, 0.3) is 4.85 Å². The molecular weight excluding hydrogens is 782 g/mol. The number of amides is 5. The lowest BCUT2D eigenvalue weighted by atomic mass is 9.76. The number of hydrogen-bond donors (Lipinski definition) is 1. The molecule has 15 heteroatoms. The molecule has 1 N–H and O–H groups in total. The number of piperidine rings is 3. The number of piperazine rings is 1. The highest BCUT2D eigenvalue weighted by Gasteiger charge is 2.46. The van der Waals surface area contributed by atoms with E-state index in [0.717, 1.165) is 106 Å². The molecule has 3 aromatic rings. The molecule has 0 saturated carbocycles. The van der Waals surface area contributed by atoms with Gasteiger partial charge in [-0.1, -0.05) is 17.7 Å². The van der Waals surface area contributed by atoms with Crippen molar-refractivity contribution in [3.8, 4) is 0 Å². The summed E-state index contributed by atoms with van der Waals surface area (Å²) >= 11 is 6.38. The SMILES string of the molecule is [C-]#[N+]c1ccc(N2CC3(CCN(c4ccc(C(=O)N5CCN(CC6CCN(c7ccc8c(c7)C(=O)N(C7CCC(=O)NC7=O)C8=O)CC6)CC5)nc4)CC3)C[C@@H]2C)cc1Cl. The van der Waals surface area contributed by atoms with Crippen LogP contribution in [0.15, 0.2) is 54.7 Å². The Morgan fingerprint density at radius 2 is 1.55 bits per heavy atom. The zero-order valence-corrected chi connectivity index (χ0v) is 34.7. The van der Waals surface area contributed by atoms with Crippen LogP contribution in [0.3, 0.4) is 0 Å². The Morgan fingerprint density at radius 3 is 2.23 bits per heavy atom. The molecule has 312 valence electrons. The molecule has 5 fully saturated rings. The van der Waals surface area contributed by atoms with Crippen molar-refractivity contribution in [2.75, 3.05) is 80.1 Å². The van der Waals surface area contributed by atoms with Crippen LogP contribution in [0.1, 0.15) is 83.1 Å². The van der Waals surface area contributed by atoms with E-state index in [2.05, 4.69) is 41.7 Å². The van der Waals surface area contributed by atoms with Gasteiger partial charge >= 0.3 is 0 Å². The van der Waals surface area contributed by atoms with E-state index in [9.17, 15) is 24.0 Å². The molecule has 6 aliphatic heterocycles. The van der Waals surface area contributed by atoms with Crippen LogP contribution in [-0.2, 0) is 9.59 Å². The number of nitrogens with one attached hydrogen (secondary N) is 1. The van der Waals surface area contributed by atoms with Crippen LogP contribution in [0, 0.1) is 17.9 Å². The third-order valence-corrected chi connectivity index (χ3v) is 14.2. The first-order valence-corrected chi connectivity index (χ1v) is 21.6. The smallest absolute Gasteiger partial charge is 0.272 e. The number of imide groups is 2. The molecule has 0 radical (unpaired) electrons. The Labute approximate surface area is 355 Å². The predicted molar refractivity (Wildman–Crippen MR) is 228 cm³/mol. The molecule has 2 atom stereocenters. The summed E-state index contributed by atoms with van der Waals surface area (Å²) in [5.41, 5.74) is 4.83. The third-order valence-electron chi connectivity index (χ3n) is 13.9. The number of anilines is 3. The first-order chi connectivity index (χ1) is 29.0. The van der Waals surface area contributed by atoms with Gasteiger partial charge in [-0.3, -0.25) is 39.1 Å². The number of carbonyl (C=O) groups is 5. The van der Waals surface area contributed by atoms with Crippen molar-refractivity contribution in [1.29, 1.82) is 0 Å². The fourth-order valence-electron chi connectivity index (χ4n) is 10.4. The van der Waals surface area contributed by atoms with Crippen LogP contribution >= 0.6 is 11.6 Å². The van der Waals surface area contributed by atoms with E-state index in [4.69, 9.17) is 18.2 Å². The Balaban J connectivity index is 0.717. The third kappa shape index (κ3) is 7.58. The van der Waals surface area contributed by atoms with E-state index >= 15 is 0 Å². The molecule has 1 spiro atoms. The van der Waals surface area contributed by atoms with E-state index < -0.39 is 29.7 Å². The lowest BCUT2D eigenvalue weighted by molar-refractivity contribution is -0.136. The van der Waals surface area contributed by atoms with Crippen molar-refractivity contribution in [3.05, 3.63) is 88.0 Å². The summed E-state index contributed by atoms with van der Waals surface area (Å²) in [7, 11) is 0. The van der Waals surface area contributed by atoms with Crippen LogP contribution in [0.4, 0.5) is 22.7 Å². The van der Waals surface area contributed by atoms with E-state index in [1.54, 1.807) is 12.1 Å². The second-order valence-corrected chi connectivity index (χ2v) is 17.9. The molecule has 7 heterocycles. The number of pyridine rings is 1. The molecule has 0 aliphatic carbocycles. The van der Waals surface area contributed by atoms with Gasteiger partial charge in [0.25, 0.3) is 17.7 Å². The normalized spacial score (nSPS) is 23.6. The van der Waals surface area contributed by atoms with E-state index in [1.165, 1.54) is 0 Å². The average Bonchev–Trinajstić information content (AvgIpc) is 3.71. The van der Waals surface area contributed by atoms with Gasteiger partial charge in [0.05, 0.1) is 29.6 Å². The lowest BCUT2D eigenvalue weighted by Crippen LogP contribution is -2.54. The Kier molecular flexibility index (Phi) is 10.7. The summed E-state index contributed by atoms with van der Waals surface area (Å²) in [6.07, 6.45) is 7.36. The van der Waals surface area contributed by atoms with Gasteiger partial charge in [0.1, 0.15) is 11.7 Å². The highest BCUT2D eigenvalue weighted by molar-refractivity contribution is 6.33. The van der Waals surface area contributed by atoms with E-state index in [1.807, 2.05) is 47.5 Å². The summed E-state index contributed by atoms with van der Waals surface area (Å²) in [4.78, 5) is 84.7. The summed E-state index contributed by atoms with van der Waals surface area (Å²) in [5.74, 6) is -1.49. The quantitative estimate of drug-likeness (QED) is 0.249. The van der Waals surface area contributed by atoms with Crippen molar-refractivity contribution in [2.45, 2.75) is 64.0 Å². The minimum Gasteiger partial charge on any atom is -0.371 e. The molecule has 6 aliphatic rings.